The van der Waals surface area contributed by atoms with Gasteiger partial charge in [-0.2, -0.15) is 0 Å². The van der Waals surface area contributed by atoms with Crippen LogP contribution in [0.5, 0.6) is 5.75 Å². The molecule has 2 amide bonds. The first kappa shape index (κ1) is 21.1. The van der Waals surface area contributed by atoms with Crippen molar-refractivity contribution in [3.8, 4) is 5.75 Å². The first-order valence-corrected chi connectivity index (χ1v) is 9.97. The van der Waals surface area contributed by atoms with E-state index in [9.17, 15) is 9.59 Å². The van der Waals surface area contributed by atoms with E-state index in [0.29, 0.717) is 22.6 Å². The van der Waals surface area contributed by atoms with E-state index >= 15 is 0 Å². The lowest BCUT2D eigenvalue weighted by Crippen LogP contribution is -2.28. The molecular weight excluding hydrogens is 376 g/mol. The number of ether oxygens (including phenoxy) is 1. The normalized spacial score (nSPS) is 11.6. The summed E-state index contributed by atoms with van der Waals surface area (Å²) < 4.78 is 5.61. The van der Waals surface area contributed by atoms with Gasteiger partial charge in [0.25, 0.3) is 11.8 Å². The molecule has 0 saturated heterocycles. The second-order valence-electron chi connectivity index (χ2n) is 7.30. The van der Waals surface area contributed by atoms with E-state index in [1.54, 1.807) is 48.5 Å². The number of carbonyl (C=O) groups is 2. The van der Waals surface area contributed by atoms with E-state index in [1.165, 1.54) is 0 Å². The molecular formula is C25H26N2O3. The van der Waals surface area contributed by atoms with Gasteiger partial charge in [0.2, 0.25) is 0 Å². The minimum atomic E-state index is -0.289. The highest BCUT2D eigenvalue weighted by Crippen LogP contribution is 2.20. The first-order valence-electron chi connectivity index (χ1n) is 9.97. The van der Waals surface area contributed by atoms with Crippen LogP contribution in [-0.2, 0) is 0 Å². The highest BCUT2D eigenvalue weighted by Gasteiger charge is 2.16. The van der Waals surface area contributed by atoms with E-state index < -0.39 is 0 Å². The third-order valence-corrected chi connectivity index (χ3v) is 4.56. The zero-order valence-electron chi connectivity index (χ0n) is 17.4. The summed E-state index contributed by atoms with van der Waals surface area (Å²) in [6.45, 7) is 5.82. The molecule has 0 aliphatic carbocycles. The zero-order chi connectivity index (χ0) is 21.5. The van der Waals surface area contributed by atoms with Crippen LogP contribution in [0.3, 0.4) is 0 Å². The minimum absolute atomic E-state index is 0.0633. The minimum Gasteiger partial charge on any atom is -0.491 e. The van der Waals surface area contributed by atoms with Gasteiger partial charge in [-0.3, -0.25) is 9.59 Å². The lowest BCUT2D eigenvalue weighted by atomic mass is 10.1. The Bertz CT molecular complexity index is 998. The number of para-hydroxylation sites is 1. The van der Waals surface area contributed by atoms with Crippen LogP contribution in [-0.4, -0.2) is 17.9 Å². The van der Waals surface area contributed by atoms with Crippen LogP contribution in [0.2, 0.25) is 0 Å². The van der Waals surface area contributed by atoms with E-state index in [1.807, 2.05) is 51.1 Å². The number of carbonyl (C=O) groups excluding carboxylic acids is 2. The van der Waals surface area contributed by atoms with Crippen LogP contribution in [0, 0.1) is 0 Å². The maximum absolute atomic E-state index is 12.8. The molecule has 1 atom stereocenters. The van der Waals surface area contributed by atoms with Gasteiger partial charge in [0.15, 0.2) is 0 Å². The maximum atomic E-state index is 12.8. The van der Waals surface area contributed by atoms with E-state index in [2.05, 4.69) is 10.6 Å². The van der Waals surface area contributed by atoms with Crippen molar-refractivity contribution in [2.45, 2.75) is 32.9 Å². The molecule has 3 rings (SSSR count). The van der Waals surface area contributed by atoms with Crippen molar-refractivity contribution in [1.29, 1.82) is 0 Å². The van der Waals surface area contributed by atoms with Crippen molar-refractivity contribution >= 4 is 17.5 Å². The molecule has 0 fully saturated rings. The number of nitrogens with one attached hydrogen (secondary N) is 2. The van der Waals surface area contributed by atoms with Gasteiger partial charge in [-0.1, -0.05) is 42.5 Å². The standard InChI is InChI=1S/C25H26N2O3/c1-17(2)30-21-15-13-20(14-16-21)24(28)27-23-12-8-7-11-22(23)25(29)26-18(3)19-9-5-4-6-10-19/h4-18H,1-3H3,(H,26,29)(H,27,28)/t18-/m1/s1. The Morgan fingerprint density at radius 2 is 1.40 bits per heavy atom. The molecule has 5 nitrogen and oxygen atoms in total. The molecule has 0 radical (unpaired) electrons. The van der Waals surface area contributed by atoms with E-state index in [-0.39, 0.29) is 24.0 Å². The molecule has 0 saturated carbocycles. The molecule has 3 aromatic carbocycles. The van der Waals surface area contributed by atoms with E-state index in [0.717, 1.165) is 5.56 Å². The Balaban J connectivity index is 1.71. The van der Waals surface area contributed by atoms with Crippen LogP contribution < -0.4 is 15.4 Å². The summed E-state index contributed by atoms with van der Waals surface area (Å²) in [7, 11) is 0. The molecule has 0 spiro atoms. The van der Waals surface area contributed by atoms with Gasteiger partial charge in [-0.05, 0) is 62.7 Å². The molecule has 0 heterocycles. The molecule has 0 aromatic heterocycles. The highest BCUT2D eigenvalue weighted by atomic mass is 16.5. The Morgan fingerprint density at radius 1 is 0.767 bits per heavy atom. The molecule has 0 aliphatic heterocycles. The Hall–Kier alpha value is -3.60. The second kappa shape index (κ2) is 9.74. The van der Waals surface area contributed by atoms with Crippen LogP contribution in [0.15, 0.2) is 78.9 Å². The predicted molar refractivity (Wildman–Crippen MR) is 119 cm³/mol. The molecule has 0 bridgehead atoms. The van der Waals surface area contributed by atoms with E-state index in [4.69, 9.17) is 4.74 Å². The molecule has 154 valence electrons. The topological polar surface area (TPSA) is 67.4 Å². The van der Waals surface area contributed by atoms with Crippen molar-refractivity contribution in [2.24, 2.45) is 0 Å². The van der Waals surface area contributed by atoms with Crippen LogP contribution in [0.4, 0.5) is 5.69 Å². The van der Waals surface area contributed by atoms with Crippen molar-refractivity contribution < 1.29 is 14.3 Å². The Labute approximate surface area is 177 Å². The largest absolute Gasteiger partial charge is 0.491 e. The molecule has 30 heavy (non-hydrogen) atoms. The monoisotopic (exact) mass is 402 g/mol. The first-order chi connectivity index (χ1) is 14.4. The fraction of sp³-hybridized carbons (Fsp3) is 0.200. The number of hydrogen-bond donors (Lipinski definition) is 2. The van der Waals surface area contributed by atoms with Gasteiger partial charge in [-0.25, -0.2) is 0 Å². The molecule has 0 unspecified atom stereocenters. The lowest BCUT2D eigenvalue weighted by molar-refractivity contribution is 0.0940. The average molecular weight is 402 g/mol. The Morgan fingerprint density at radius 3 is 2.07 bits per heavy atom. The number of amides is 2. The van der Waals surface area contributed by atoms with Crippen LogP contribution in [0.25, 0.3) is 0 Å². The summed E-state index contributed by atoms with van der Waals surface area (Å²) in [5.74, 6) is 0.168. The summed E-state index contributed by atoms with van der Waals surface area (Å²) in [5, 5.41) is 5.83. The molecule has 0 aliphatic rings. The highest BCUT2D eigenvalue weighted by molar-refractivity contribution is 6.09. The van der Waals surface area contributed by atoms with Gasteiger partial charge >= 0.3 is 0 Å². The van der Waals surface area contributed by atoms with Crippen molar-refractivity contribution in [3.63, 3.8) is 0 Å². The van der Waals surface area contributed by atoms with Crippen molar-refractivity contribution in [1.82, 2.24) is 5.32 Å². The van der Waals surface area contributed by atoms with Crippen LogP contribution in [0.1, 0.15) is 53.1 Å². The third kappa shape index (κ3) is 5.47. The summed E-state index contributed by atoms with van der Waals surface area (Å²) in [4.78, 5) is 25.5. The summed E-state index contributed by atoms with van der Waals surface area (Å²) in [6, 6.07) is 23.5. The van der Waals surface area contributed by atoms with Gasteiger partial charge in [0.1, 0.15) is 5.75 Å². The van der Waals surface area contributed by atoms with Gasteiger partial charge in [-0.15, -0.1) is 0 Å². The molecule has 5 heteroatoms. The maximum Gasteiger partial charge on any atom is 0.255 e. The fourth-order valence-electron chi connectivity index (χ4n) is 3.04. The fourth-order valence-corrected chi connectivity index (χ4v) is 3.04. The van der Waals surface area contributed by atoms with Gasteiger partial charge in [0.05, 0.1) is 23.4 Å². The summed E-state index contributed by atoms with van der Waals surface area (Å²) in [5.41, 5.74) is 2.37. The summed E-state index contributed by atoms with van der Waals surface area (Å²) >= 11 is 0. The lowest BCUT2D eigenvalue weighted by Gasteiger charge is -2.16. The van der Waals surface area contributed by atoms with Crippen molar-refractivity contribution in [3.05, 3.63) is 95.6 Å². The predicted octanol–water partition coefficient (Wildman–Crippen LogP) is 5.22. The van der Waals surface area contributed by atoms with Crippen LogP contribution >= 0.6 is 0 Å². The van der Waals surface area contributed by atoms with Gasteiger partial charge < -0.3 is 15.4 Å². The third-order valence-electron chi connectivity index (χ3n) is 4.56. The quantitative estimate of drug-likeness (QED) is 0.570. The van der Waals surface area contributed by atoms with Crippen molar-refractivity contribution in [2.75, 3.05) is 5.32 Å². The number of anilines is 1. The molecule has 3 aromatic rings. The number of benzene rings is 3. The smallest absolute Gasteiger partial charge is 0.255 e. The Kier molecular flexibility index (Phi) is 6.86. The summed E-state index contributed by atoms with van der Waals surface area (Å²) in [6.07, 6.45) is 0.0633. The number of hydrogen-bond acceptors (Lipinski definition) is 3. The van der Waals surface area contributed by atoms with Gasteiger partial charge in [0, 0.05) is 5.56 Å². The zero-order valence-corrected chi connectivity index (χ0v) is 17.4. The average Bonchev–Trinajstić information content (AvgIpc) is 2.74. The SMILES string of the molecule is CC(C)Oc1ccc(C(=O)Nc2ccccc2C(=O)N[C@H](C)c2ccccc2)cc1. The molecule has 2 N–H and O–H groups in total. The number of rotatable bonds is 7. The second-order valence-corrected chi connectivity index (χ2v) is 7.30.